The summed E-state index contributed by atoms with van der Waals surface area (Å²) >= 11 is 0. The van der Waals surface area contributed by atoms with Crippen LogP contribution >= 0.6 is 0 Å². The van der Waals surface area contributed by atoms with Crippen LogP contribution in [-0.4, -0.2) is 41.8 Å². The maximum Gasteiger partial charge on any atom is 0.334 e. The molecule has 1 aromatic rings. The first-order valence-corrected chi connectivity index (χ1v) is 6.88. The molecule has 102 valence electrons. The summed E-state index contributed by atoms with van der Waals surface area (Å²) in [7, 11) is 0. The highest BCUT2D eigenvalue weighted by Crippen LogP contribution is 2.39. The highest BCUT2D eigenvalue weighted by Gasteiger charge is 2.26. The summed E-state index contributed by atoms with van der Waals surface area (Å²) in [4.78, 5) is 13.1. The molecule has 0 bridgehead atoms. The van der Waals surface area contributed by atoms with Gasteiger partial charge < -0.3 is 9.84 Å². The molecule has 1 aliphatic carbocycles. The summed E-state index contributed by atoms with van der Waals surface area (Å²) in [5, 5.41) is 8.97. The summed E-state index contributed by atoms with van der Waals surface area (Å²) in [5.41, 5.74) is 2.68. The van der Waals surface area contributed by atoms with E-state index in [1.165, 1.54) is 24.0 Å². The van der Waals surface area contributed by atoms with E-state index in [4.69, 9.17) is 9.84 Å². The average molecular weight is 261 g/mol. The first-order chi connectivity index (χ1) is 9.22. The number of nitrogens with zero attached hydrogens (tertiary/aromatic N) is 1. The minimum absolute atomic E-state index is 0.472. The Bertz CT molecular complexity index is 453. The van der Waals surface area contributed by atoms with Gasteiger partial charge in [0.1, 0.15) is 0 Å². The number of carbonyl (C=O) groups is 1. The van der Waals surface area contributed by atoms with Gasteiger partial charge >= 0.3 is 5.97 Å². The molecule has 1 atom stereocenters. The largest absolute Gasteiger partial charge is 0.479 e. The third-order valence-corrected chi connectivity index (χ3v) is 3.86. The Kier molecular flexibility index (Phi) is 3.53. The van der Waals surface area contributed by atoms with Crippen molar-refractivity contribution in [1.82, 2.24) is 4.90 Å². The summed E-state index contributed by atoms with van der Waals surface area (Å²) in [5.74, 6) is -0.0809. The molecule has 4 nitrogen and oxygen atoms in total. The summed E-state index contributed by atoms with van der Waals surface area (Å²) in [6.07, 6.45) is 1.96. The maximum atomic E-state index is 10.9. The van der Waals surface area contributed by atoms with Crippen molar-refractivity contribution in [3.63, 3.8) is 0 Å². The second-order valence-corrected chi connectivity index (χ2v) is 5.45. The lowest BCUT2D eigenvalue weighted by Gasteiger charge is -2.30. The van der Waals surface area contributed by atoms with Crippen molar-refractivity contribution in [1.29, 1.82) is 0 Å². The van der Waals surface area contributed by atoms with Crippen molar-refractivity contribution < 1.29 is 14.6 Å². The van der Waals surface area contributed by atoms with Gasteiger partial charge in [-0.05, 0) is 29.9 Å². The molecule has 3 rings (SSSR count). The van der Waals surface area contributed by atoms with E-state index in [2.05, 4.69) is 29.2 Å². The van der Waals surface area contributed by atoms with Crippen molar-refractivity contribution in [2.45, 2.75) is 31.4 Å². The molecule has 1 aromatic carbocycles. The molecular weight excluding hydrogens is 242 g/mol. The van der Waals surface area contributed by atoms with Crippen LogP contribution in [0.15, 0.2) is 24.3 Å². The Morgan fingerprint density at radius 2 is 2.05 bits per heavy atom. The Hall–Kier alpha value is -1.39. The first-order valence-electron chi connectivity index (χ1n) is 6.88. The molecule has 1 saturated heterocycles. The van der Waals surface area contributed by atoms with E-state index in [-0.39, 0.29) is 0 Å². The van der Waals surface area contributed by atoms with Gasteiger partial charge in [-0.15, -0.1) is 0 Å². The Morgan fingerprint density at radius 1 is 1.32 bits per heavy atom. The number of hydrogen-bond donors (Lipinski definition) is 1. The van der Waals surface area contributed by atoms with Gasteiger partial charge in [-0.1, -0.05) is 24.3 Å². The van der Waals surface area contributed by atoms with Crippen LogP contribution in [-0.2, 0) is 16.1 Å². The van der Waals surface area contributed by atoms with Gasteiger partial charge in [-0.25, -0.2) is 4.79 Å². The minimum atomic E-state index is -0.867. The van der Waals surface area contributed by atoms with Crippen LogP contribution in [0.1, 0.15) is 29.9 Å². The van der Waals surface area contributed by atoms with Crippen molar-refractivity contribution in [2.75, 3.05) is 19.7 Å². The number of benzene rings is 1. The van der Waals surface area contributed by atoms with E-state index in [0.29, 0.717) is 13.2 Å². The lowest BCUT2D eigenvalue weighted by atomic mass is 10.1. The summed E-state index contributed by atoms with van der Waals surface area (Å²) in [6.45, 7) is 2.57. The Morgan fingerprint density at radius 3 is 2.68 bits per heavy atom. The monoisotopic (exact) mass is 261 g/mol. The minimum Gasteiger partial charge on any atom is -0.479 e. The Labute approximate surface area is 113 Å². The molecule has 2 aliphatic rings. The zero-order valence-corrected chi connectivity index (χ0v) is 10.9. The molecule has 1 unspecified atom stereocenters. The predicted molar refractivity (Wildman–Crippen MR) is 71.1 cm³/mol. The zero-order valence-electron chi connectivity index (χ0n) is 10.9. The number of carboxylic acids is 1. The van der Waals surface area contributed by atoms with Gasteiger partial charge in [0.25, 0.3) is 0 Å². The number of aliphatic carboxylic acids is 1. The zero-order chi connectivity index (χ0) is 13.2. The second kappa shape index (κ2) is 5.31. The fourth-order valence-corrected chi connectivity index (χ4v) is 2.57. The van der Waals surface area contributed by atoms with Crippen LogP contribution in [0.2, 0.25) is 0 Å². The molecule has 1 saturated carbocycles. The number of rotatable bonds is 4. The van der Waals surface area contributed by atoms with Crippen LogP contribution in [0.5, 0.6) is 0 Å². The Balaban J connectivity index is 1.59. The number of ether oxygens (including phenoxy) is 1. The molecule has 1 N–H and O–H groups in total. The van der Waals surface area contributed by atoms with Crippen molar-refractivity contribution in [2.24, 2.45) is 0 Å². The van der Waals surface area contributed by atoms with E-state index in [9.17, 15) is 4.79 Å². The first kappa shape index (κ1) is 12.6. The fraction of sp³-hybridized carbons (Fsp3) is 0.533. The van der Waals surface area contributed by atoms with Crippen molar-refractivity contribution >= 4 is 5.97 Å². The molecule has 1 aliphatic heterocycles. The quantitative estimate of drug-likeness (QED) is 0.898. The predicted octanol–water partition coefficient (Wildman–Crippen LogP) is 1.85. The summed E-state index contributed by atoms with van der Waals surface area (Å²) < 4.78 is 5.22. The van der Waals surface area contributed by atoms with Gasteiger partial charge in [-0.3, -0.25) is 4.90 Å². The molecule has 19 heavy (non-hydrogen) atoms. The molecule has 2 fully saturated rings. The molecule has 1 heterocycles. The molecule has 4 heteroatoms. The van der Waals surface area contributed by atoms with E-state index < -0.39 is 12.1 Å². The molecular formula is C15H19NO3. The topological polar surface area (TPSA) is 49.8 Å². The van der Waals surface area contributed by atoms with Crippen molar-refractivity contribution in [3.8, 4) is 0 Å². The van der Waals surface area contributed by atoms with Gasteiger partial charge in [-0.2, -0.15) is 0 Å². The normalized spacial score (nSPS) is 24.3. The van der Waals surface area contributed by atoms with Gasteiger partial charge in [0.05, 0.1) is 6.61 Å². The van der Waals surface area contributed by atoms with Crippen LogP contribution in [0.3, 0.4) is 0 Å². The van der Waals surface area contributed by atoms with E-state index >= 15 is 0 Å². The fourth-order valence-electron chi connectivity index (χ4n) is 2.57. The van der Waals surface area contributed by atoms with E-state index in [0.717, 1.165) is 19.0 Å². The van der Waals surface area contributed by atoms with Gasteiger partial charge in [0.15, 0.2) is 6.10 Å². The van der Waals surface area contributed by atoms with Gasteiger partial charge in [0, 0.05) is 19.6 Å². The highest BCUT2D eigenvalue weighted by atomic mass is 16.5. The number of morpholine rings is 1. The van der Waals surface area contributed by atoms with Crippen LogP contribution in [0.4, 0.5) is 0 Å². The third-order valence-electron chi connectivity index (χ3n) is 3.86. The average Bonchev–Trinajstić information content (AvgIpc) is 3.24. The maximum absolute atomic E-state index is 10.9. The van der Waals surface area contributed by atoms with Crippen LogP contribution in [0.25, 0.3) is 0 Å². The molecule has 0 radical (unpaired) electrons. The highest BCUT2D eigenvalue weighted by molar-refractivity contribution is 5.72. The lowest BCUT2D eigenvalue weighted by molar-refractivity contribution is -0.156. The van der Waals surface area contributed by atoms with Crippen molar-refractivity contribution in [3.05, 3.63) is 35.4 Å². The van der Waals surface area contributed by atoms with Gasteiger partial charge in [0.2, 0.25) is 0 Å². The molecule has 0 amide bonds. The standard InChI is InChI=1S/C15H19NO3/c17-15(18)14-10-16(7-8-19-14)9-11-1-3-12(4-2-11)13-5-6-13/h1-4,13-14H,5-10H2,(H,17,18). The summed E-state index contributed by atoms with van der Waals surface area (Å²) in [6, 6.07) is 8.75. The molecule has 0 spiro atoms. The number of carboxylic acid groups (broad SMARTS) is 1. The third kappa shape index (κ3) is 3.14. The molecule has 0 aromatic heterocycles. The number of hydrogen-bond acceptors (Lipinski definition) is 3. The SMILES string of the molecule is O=C(O)C1CN(Cc2ccc(C3CC3)cc2)CCO1. The van der Waals surface area contributed by atoms with Crippen LogP contribution < -0.4 is 0 Å². The smallest absolute Gasteiger partial charge is 0.334 e. The lowest BCUT2D eigenvalue weighted by Crippen LogP contribution is -2.45. The second-order valence-electron chi connectivity index (χ2n) is 5.45. The van der Waals surface area contributed by atoms with Crippen LogP contribution in [0, 0.1) is 0 Å². The van der Waals surface area contributed by atoms with E-state index in [1.807, 2.05) is 0 Å². The van der Waals surface area contributed by atoms with E-state index in [1.54, 1.807) is 0 Å².